The molecule has 2 aliphatic heterocycles. The zero-order valence-electron chi connectivity index (χ0n) is 13.4. The smallest absolute Gasteiger partial charge is 0.219 e. The maximum atomic E-state index is 11.4. The lowest BCUT2D eigenvalue weighted by Crippen LogP contribution is -2.48. The summed E-state index contributed by atoms with van der Waals surface area (Å²) in [6, 6.07) is 4.15. The van der Waals surface area contributed by atoms with Gasteiger partial charge in [0.25, 0.3) is 0 Å². The summed E-state index contributed by atoms with van der Waals surface area (Å²) >= 11 is 0. The summed E-state index contributed by atoms with van der Waals surface area (Å²) in [6.45, 7) is 7.01. The highest BCUT2D eigenvalue weighted by atomic mass is 16.2. The number of piperazine rings is 1. The van der Waals surface area contributed by atoms with Gasteiger partial charge in [0.2, 0.25) is 5.91 Å². The van der Waals surface area contributed by atoms with E-state index < -0.39 is 0 Å². The van der Waals surface area contributed by atoms with Crippen molar-refractivity contribution in [1.82, 2.24) is 15.1 Å². The molecule has 0 unspecified atom stereocenters. The molecule has 2 fully saturated rings. The highest BCUT2D eigenvalue weighted by molar-refractivity contribution is 5.73. The van der Waals surface area contributed by atoms with Crippen LogP contribution >= 0.6 is 0 Å². The molecule has 0 aliphatic carbocycles. The largest absolute Gasteiger partial charge is 0.355 e. The van der Waals surface area contributed by atoms with Gasteiger partial charge >= 0.3 is 0 Å². The molecule has 6 heteroatoms. The number of carbonyl (C=O) groups excluding carboxylic acids is 1. The zero-order valence-corrected chi connectivity index (χ0v) is 13.4. The average Bonchev–Trinajstić information content (AvgIpc) is 2.84. The van der Waals surface area contributed by atoms with Crippen molar-refractivity contribution in [2.45, 2.75) is 32.6 Å². The lowest BCUT2D eigenvalue weighted by molar-refractivity contribution is -0.129. The summed E-state index contributed by atoms with van der Waals surface area (Å²) in [7, 11) is 0. The topological polar surface area (TPSA) is 52.6 Å². The Morgan fingerprint density at radius 2 is 1.32 bits per heavy atom. The van der Waals surface area contributed by atoms with E-state index in [1.54, 1.807) is 6.92 Å². The van der Waals surface area contributed by atoms with Crippen LogP contribution in [0.25, 0.3) is 0 Å². The summed E-state index contributed by atoms with van der Waals surface area (Å²) in [6.07, 6.45) is 5.14. The summed E-state index contributed by atoms with van der Waals surface area (Å²) in [5, 5.41) is 8.84. The molecule has 1 aromatic heterocycles. The minimum atomic E-state index is 0.155. The first kappa shape index (κ1) is 15.1. The third kappa shape index (κ3) is 3.48. The summed E-state index contributed by atoms with van der Waals surface area (Å²) in [5.41, 5.74) is 0. The Labute approximate surface area is 132 Å². The molecule has 120 valence electrons. The fourth-order valence-corrected chi connectivity index (χ4v) is 3.21. The molecule has 0 spiro atoms. The van der Waals surface area contributed by atoms with Gasteiger partial charge in [0.1, 0.15) is 0 Å². The molecule has 2 saturated heterocycles. The number of hydrogen-bond donors (Lipinski definition) is 0. The van der Waals surface area contributed by atoms with E-state index in [1.165, 1.54) is 25.7 Å². The Morgan fingerprint density at radius 3 is 1.77 bits per heavy atom. The van der Waals surface area contributed by atoms with Gasteiger partial charge in [-0.05, 0) is 25.0 Å². The van der Waals surface area contributed by atoms with Crippen LogP contribution in [0, 0.1) is 0 Å². The molecule has 0 N–H and O–H groups in total. The molecule has 1 aromatic rings. The van der Waals surface area contributed by atoms with Gasteiger partial charge in [0, 0.05) is 46.2 Å². The number of nitrogens with zero attached hydrogens (tertiary/aromatic N) is 5. The summed E-state index contributed by atoms with van der Waals surface area (Å²) in [5.74, 6) is 2.07. The van der Waals surface area contributed by atoms with E-state index >= 15 is 0 Å². The van der Waals surface area contributed by atoms with Gasteiger partial charge in [-0.2, -0.15) is 0 Å². The van der Waals surface area contributed by atoms with Crippen LogP contribution in [0.1, 0.15) is 32.6 Å². The van der Waals surface area contributed by atoms with Gasteiger partial charge in [-0.15, -0.1) is 10.2 Å². The molecular weight excluding hydrogens is 278 g/mol. The van der Waals surface area contributed by atoms with Crippen LogP contribution in [0.2, 0.25) is 0 Å². The third-order valence-corrected chi connectivity index (χ3v) is 4.62. The first-order chi connectivity index (χ1) is 10.7. The SMILES string of the molecule is CC(=O)N1CCN(c2ccc(N3CCCCCC3)nn2)CC1. The molecule has 6 nitrogen and oxygen atoms in total. The molecule has 3 heterocycles. The van der Waals surface area contributed by atoms with Crippen molar-refractivity contribution in [3.05, 3.63) is 12.1 Å². The second-order valence-corrected chi connectivity index (χ2v) is 6.14. The van der Waals surface area contributed by atoms with Crippen LogP contribution in [0.4, 0.5) is 11.6 Å². The van der Waals surface area contributed by atoms with Crippen molar-refractivity contribution in [2.75, 3.05) is 49.1 Å². The minimum Gasteiger partial charge on any atom is -0.355 e. The lowest BCUT2D eigenvalue weighted by atomic mass is 10.2. The second-order valence-electron chi connectivity index (χ2n) is 6.14. The fourth-order valence-electron chi connectivity index (χ4n) is 3.21. The van der Waals surface area contributed by atoms with Crippen molar-refractivity contribution in [1.29, 1.82) is 0 Å². The number of rotatable bonds is 2. The third-order valence-electron chi connectivity index (χ3n) is 4.62. The Bertz CT molecular complexity index is 488. The highest BCUT2D eigenvalue weighted by Gasteiger charge is 2.20. The van der Waals surface area contributed by atoms with E-state index in [-0.39, 0.29) is 5.91 Å². The van der Waals surface area contributed by atoms with Crippen LogP contribution in [0.5, 0.6) is 0 Å². The van der Waals surface area contributed by atoms with E-state index in [1.807, 2.05) is 4.90 Å². The first-order valence-corrected chi connectivity index (χ1v) is 8.33. The van der Waals surface area contributed by atoms with E-state index in [4.69, 9.17) is 0 Å². The Morgan fingerprint density at radius 1 is 0.818 bits per heavy atom. The number of hydrogen-bond acceptors (Lipinski definition) is 5. The molecule has 0 radical (unpaired) electrons. The van der Waals surface area contributed by atoms with Gasteiger partial charge < -0.3 is 14.7 Å². The zero-order chi connectivity index (χ0) is 15.4. The Balaban J connectivity index is 1.61. The molecule has 0 atom stereocenters. The highest BCUT2D eigenvalue weighted by Crippen LogP contribution is 2.19. The molecule has 3 rings (SSSR count). The number of amides is 1. The van der Waals surface area contributed by atoms with Crippen LogP contribution < -0.4 is 9.80 Å². The maximum Gasteiger partial charge on any atom is 0.219 e. The van der Waals surface area contributed by atoms with Crippen LogP contribution in [0.3, 0.4) is 0 Å². The predicted molar refractivity (Wildman–Crippen MR) is 87.2 cm³/mol. The Kier molecular flexibility index (Phi) is 4.75. The molecular formula is C16H25N5O. The van der Waals surface area contributed by atoms with E-state index in [2.05, 4.69) is 32.1 Å². The molecule has 1 amide bonds. The van der Waals surface area contributed by atoms with Gasteiger partial charge in [-0.1, -0.05) is 12.8 Å². The van der Waals surface area contributed by atoms with Crippen molar-refractivity contribution >= 4 is 17.5 Å². The van der Waals surface area contributed by atoms with Crippen molar-refractivity contribution in [3.8, 4) is 0 Å². The lowest BCUT2D eigenvalue weighted by Gasteiger charge is -2.34. The van der Waals surface area contributed by atoms with Crippen LogP contribution in [-0.2, 0) is 4.79 Å². The van der Waals surface area contributed by atoms with Crippen molar-refractivity contribution < 1.29 is 4.79 Å². The minimum absolute atomic E-state index is 0.155. The number of anilines is 2. The maximum absolute atomic E-state index is 11.4. The Hall–Kier alpha value is -1.85. The molecule has 0 saturated carbocycles. The monoisotopic (exact) mass is 303 g/mol. The second kappa shape index (κ2) is 6.94. The van der Waals surface area contributed by atoms with Crippen LogP contribution in [-0.4, -0.2) is 60.3 Å². The van der Waals surface area contributed by atoms with Gasteiger partial charge in [0.15, 0.2) is 11.6 Å². The van der Waals surface area contributed by atoms with E-state index in [0.29, 0.717) is 0 Å². The molecule has 0 bridgehead atoms. The first-order valence-electron chi connectivity index (χ1n) is 8.33. The quantitative estimate of drug-likeness (QED) is 0.829. The molecule has 22 heavy (non-hydrogen) atoms. The van der Waals surface area contributed by atoms with Gasteiger partial charge in [-0.25, -0.2) is 0 Å². The number of carbonyl (C=O) groups is 1. The predicted octanol–water partition coefficient (Wildman–Crippen LogP) is 1.53. The molecule has 0 aromatic carbocycles. The van der Waals surface area contributed by atoms with Crippen LogP contribution in [0.15, 0.2) is 12.1 Å². The standard InChI is InChI=1S/C16H25N5O/c1-14(22)19-10-12-21(13-11-19)16-7-6-15(17-18-16)20-8-4-2-3-5-9-20/h6-7H,2-5,8-13H2,1H3. The van der Waals surface area contributed by atoms with Crippen molar-refractivity contribution in [2.24, 2.45) is 0 Å². The van der Waals surface area contributed by atoms with E-state index in [9.17, 15) is 4.79 Å². The number of aromatic nitrogens is 2. The average molecular weight is 303 g/mol. The van der Waals surface area contributed by atoms with Gasteiger partial charge in [0.05, 0.1) is 0 Å². The summed E-state index contributed by atoms with van der Waals surface area (Å²) in [4.78, 5) is 17.8. The fraction of sp³-hybridized carbons (Fsp3) is 0.688. The summed E-state index contributed by atoms with van der Waals surface area (Å²) < 4.78 is 0. The normalized spacial score (nSPS) is 20.0. The van der Waals surface area contributed by atoms with Crippen molar-refractivity contribution in [3.63, 3.8) is 0 Å². The van der Waals surface area contributed by atoms with Gasteiger partial charge in [-0.3, -0.25) is 4.79 Å². The molecule has 2 aliphatic rings. The van der Waals surface area contributed by atoms with E-state index in [0.717, 1.165) is 50.9 Å².